The van der Waals surface area contributed by atoms with E-state index < -0.39 is 0 Å². The number of amides is 1. The highest BCUT2D eigenvalue weighted by molar-refractivity contribution is 8.00. The summed E-state index contributed by atoms with van der Waals surface area (Å²) < 4.78 is 5.38. The second-order valence-electron chi connectivity index (χ2n) is 5.36. The Kier molecular flexibility index (Phi) is 4.17. The number of fused-ring (bicyclic) bond motifs is 1. The molecule has 0 bridgehead atoms. The molecule has 2 aliphatic rings. The molecule has 2 unspecified atom stereocenters. The van der Waals surface area contributed by atoms with E-state index in [1.54, 1.807) is 0 Å². The average Bonchev–Trinajstić information content (AvgIpc) is 2.97. The summed E-state index contributed by atoms with van der Waals surface area (Å²) in [4.78, 5) is 11.4. The number of nitrogens with one attached hydrogen (secondary N) is 2. The van der Waals surface area contributed by atoms with Crippen molar-refractivity contribution in [2.24, 2.45) is 0 Å². The summed E-state index contributed by atoms with van der Waals surface area (Å²) in [6.07, 6.45) is 2.66. The number of carbonyl (C=O) groups is 1. The number of rotatable bonds is 4. The van der Waals surface area contributed by atoms with E-state index in [-0.39, 0.29) is 18.6 Å². The molecule has 2 aliphatic heterocycles. The summed E-state index contributed by atoms with van der Waals surface area (Å²) in [5, 5.41) is 7.19. The van der Waals surface area contributed by atoms with Crippen LogP contribution in [0.15, 0.2) is 18.2 Å². The van der Waals surface area contributed by atoms with Crippen molar-refractivity contribution >= 4 is 23.4 Å². The molecule has 1 saturated heterocycles. The minimum atomic E-state index is -0.0855. The van der Waals surface area contributed by atoms with E-state index in [0.29, 0.717) is 0 Å². The maximum absolute atomic E-state index is 11.4. The van der Waals surface area contributed by atoms with Crippen LogP contribution in [0.5, 0.6) is 5.75 Å². The molecule has 1 aromatic carbocycles. The molecule has 0 spiro atoms. The van der Waals surface area contributed by atoms with E-state index in [9.17, 15) is 4.79 Å². The Morgan fingerprint density at radius 2 is 2.45 bits per heavy atom. The maximum atomic E-state index is 11.4. The first-order valence-corrected chi connectivity index (χ1v) is 8.19. The molecule has 108 valence electrons. The van der Waals surface area contributed by atoms with Crippen molar-refractivity contribution in [1.82, 2.24) is 5.32 Å². The Hall–Kier alpha value is -1.20. The fourth-order valence-electron chi connectivity index (χ4n) is 2.60. The Morgan fingerprint density at radius 1 is 1.55 bits per heavy atom. The van der Waals surface area contributed by atoms with Crippen LogP contribution >= 0.6 is 11.8 Å². The zero-order valence-electron chi connectivity index (χ0n) is 11.6. The fourth-order valence-corrected chi connectivity index (χ4v) is 3.82. The molecule has 3 rings (SSSR count). The normalized spacial score (nSPS) is 22.9. The minimum Gasteiger partial charge on any atom is -0.482 e. The van der Waals surface area contributed by atoms with Gasteiger partial charge in [0, 0.05) is 17.8 Å². The number of anilines is 1. The third kappa shape index (κ3) is 3.10. The number of hydrogen-bond donors (Lipinski definition) is 2. The quantitative estimate of drug-likeness (QED) is 0.895. The number of ether oxygens (including phenoxy) is 1. The molecule has 20 heavy (non-hydrogen) atoms. The van der Waals surface area contributed by atoms with Crippen LogP contribution in [0.4, 0.5) is 5.69 Å². The van der Waals surface area contributed by atoms with Crippen molar-refractivity contribution in [2.45, 2.75) is 31.1 Å². The lowest BCUT2D eigenvalue weighted by atomic mass is 10.1. The predicted octanol–water partition coefficient (Wildman–Crippen LogP) is 2.56. The summed E-state index contributed by atoms with van der Waals surface area (Å²) in [7, 11) is 0. The summed E-state index contributed by atoms with van der Waals surface area (Å²) in [6.45, 7) is 3.32. The monoisotopic (exact) mass is 292 g/mol. The van der Waals surface area contributed by atoms with Crippen LogP contribution in [0.1, 0.15) is 31.4 Å². The van der Waals surface area contributed by atoms with Gasteiger partial charge in [-0.25, -0.2) is 0 Å². The second-order valence-corrected chi connectivity index (χ2v) is 6.77. The molecule has 0 radical (unpaired) electrons. The molecule has 0 aliphatic carbocycles. The van der Waals surface area contributed by atoms with E-state index in [1.807, 2.05) is 12.1 Å². The van der Waals surface area contributed by atoms with Crippen molar-refractivity contribution in [3.8, 4) is 5.75 Å². The van der Waals surface area contributed by atoms with Crippen molar-refractivity contribution in [3.05, 3.63) is 23.8 Å². The van der Waals surface area contributed by atoms with Crippen LogP contribution in [0.3, 0.4) is 0 Å². The van der Waals surface area contributed by atoms with Crippen LogP contribution in [-0.2, 0) is 4.79 Å². The average molecular weight is 292 g/mol. The molecule has 2 atom stereocenters. The van der Waals surface area contributed by atoms with Crippen LogP contribution in [-0.4, -0.2) is 30.1 Å². The summed E-state index contributed by atoms with van der Waals surface area (Å²) in [6, 6.07) is 6.29. The second kappa shape index (κ2) is 6.06. The summed E-state index contributed by atoms with van der Waals surface area (Å²) >= 11 is 2.06. The highest BCUT2D eigenvalue weighted by Crippen LogP contribution is 2.31. The Morgan fingerprint density at radius 3 is 3.25 bits per heavy atom. The minimum absolute atomic E-state index is 0.0855. The van der Waals surface area contributed by atoms with Gasteiger partial charge in [0.15, 0.2) is 6.61 Å². The van der Waals surface area contributed by atoms with E-state index in [2.05, 4.69) is 35.4 Å². The van der Waals surface area contributed by atoms with E-state index in [4.69, 9.17) is 4.74 Å². The maximum Gasteiger partial charge on any atom is 0.262 e. The van der Waals surface area contributed by atoms with Gasteiger partial charge in [-0.1, -0.05) is 6.07 Å². The van der Waals surface area contributed by atoms with Crippen LogP contribution in [0, 0.1) is 0 Å². The van der Waals surface area contributed by atoms with Crippen molar-refractivity contribution in [3.63, 3.8) is 0 Å². The molecule has 0 saturated carbocycles. The molecule has 2 heterocycles. The third-order valence-electron chi connectivity index (χ3n) is 3.81. The van der Waals surface area contributed by atoms with Crippen LogP contribution < -0.4 is 15.4 Å². The van der Waals surface area contributed by atoms with Gasteiger partial charge in [-0.3, -0.25) is 4.79 Å². The molecule has 1 fully saturated rings. The van der Waals surface area contributed by atoms with Crippen LogP contribution in [0.2, 0.25) is 0 Å². The molecular weight excluding hydrogens is 272 g/mol. The first-order valence-electron chi connectivity index (χ1n) is 7.14. The number of hydrogen-bond acceptors (Lipinski definition) is 4. The molecule has 2 N–H and O–H groups in total. The van der Waals surface area contributed by atoms with E-state index in [0.717, 1.165) is 23.2 Å². The number of benzene rings is 1. The first-order chi connectivity index (χ1) is 9.72. The predicted molar refractivity (Wildman–Crippen MR) is 82.5 cm³/mol. The van der Waals surface area contributed by atoms with Gasteiger partial charge >= 0.3 is 0 Å². The van der Waals surface area contributed by atoms with Gasteiger partial charge in [0.1, 0.15) is 5.75 Å². The van der Waals surface area contributed by atoms with Crippen LogP contribution in [0.25, 0.3) is 0 Å². The molecule has 1 amide bonds. The lowest BCUT2D eigenvalue weighted by Crippen LogP contribution is -2.27. The number of thioether (sulfide) groups is 1. The summed E-state index contributed by atoms with van der Waals surface area (Å²) in [5.74, 6) is 1.97. The van der Waals surface area contributed by atoms with Gasteiger partial charge in [-0.15, -0.1) is 0 Å². The van der Waals surface area contributed by atoms with Gasteiger partial charge in [0.05, 0.1) is 5.69 Å². The van der Waals surface area contributed by atoms with Gasteiger partial charge in [-0.2, -0.15) is 11.8 Å². The lowest BCUT2D eigenvalue weighted by molar-refractivity contribution is -0.118. The molecule has 4 nitrogen and oxygen atoms in total. The Balaban J connectivity index is 1.63. The highest BCUT2D eigenvalue weighted by atomic mass is 32.2. The fraction of sp³-hybridized carbons (Fsp3) is 0.533. The topological polar surface area (TPSA) is 50.4 Å². The van der Waals surface area contributed by atoms with Gasteiger partial charge in [0.2, 0.25) is 0 Å². The van der Waals surface area contributed by atoms with Gasteiger partial charge < -0.3 is 15.4 Å². The van der Waals surface area contributed by atoms with Gasteiger partial charge in [0.25, 0.3) is 5.91 Å². The Bertz CT molecular complexity index is 501. The molecular formula is C15H20N2O2S. The Labute approximate surface area is 123 Å². The standard InChI is InChI=1S/C15H20N2O2S/c1-10(16-8-12-3-2-6-20-12)11-4-5-14-13(7-11)17-15(18)9-19-14/h4-5,7,10,12,16H,2-3,6,8-9H2,1H3,(H,17,18). The number of carbonyl (C=O) groups excluding carboxylic acids is 1. The largest absolute Gasteiger partial charge is 0.482 e. The van der Waals surface area contributed by atoms with Crippen molar-refractivity contribution in [2.75, 3.05) is 24.2 Å². The molecule has 1 aromatic rings. The first kappa shape index (κ1) is 13.8. The smallest absolute Gasteiger partial charge is 0.262 e. The van der Waals surface area contributed by atoms with Gasteiger partial charge in [-0.05, 0) is 43.2 Å². The third-order valence-corrected chi connectivity index (χ3v) is 5.21. The van der Waals surface area contributed by atoms with Crippen molar-refractivity contribution in [1.29, 1.82) is 0 Å². The lowest BCUT2D eigenvalue weighted by Gasteiger charge is -2.21. The zero-order valence-corrected chi connectivity index (χ0v) is 12.5. The molecule has 0 aromatic heterocycles. The SMILES string of the molecule is CC(NCC1CCCS1)c1ccc2c(c1)NC(=O)CO2. The summed E-state index contributed by atoms with van der Waals surface area (Å²) in [5.41, 5.74) is 1.96. The molecule has 5 heteroatoms. The van der Waals surface area contributed by atoms with Crippen molar-refractivity contribution < 1.29 is 9.53 Å². The van der Waals surface area contributed by atoms with E-state index >= 15 is 0 Å². The highest BCUT2D eigenvalue weighted by Gasteiger charge is 2.19. The van der Waals surface area contributed by atoms with E-state index in [1.165, 1.54) is 24.2 Å². The zero-order chi connectivity index (χ0) is 13.9.